The summed E-state index contributed by atoms with van der Waals surface area (Å²) < 4.78 is 5.08. The van der Waals surface area contributed by atoms with Crippen LogP contribution in [-0.2, 0) is 9.59 Å². The number of hydrogen-bond acceptors (Lipinski definition) is 5. The van der Waals surface area contributed by atoms with Crippen LogP contribution in [0.1, 0.15) is 33.6 Å². The maximum absolute atomic E-state index is 13.0. The number of carbonyl (C=O) groups excluding carboxylic acids is 4. The Bertz CT molecular complexity index is 1270. The van der Waals surface area contributed by atoms with Crippen molar-refractivity contribution in [1.29, 1.82) is 0 Å². The van der Waals surface area contributed by atoms with Crippen LogP contribution in [0.5, 0.6) is 5.75 Å². The average molecular weight is 487 g/mol. The third kappa shape index (κ3) is 5.87. The Kier molecular flexibility index (Phi) is 7.60. The van der Waals surface area contributed by atoms with Crippen LogP contribution >= 0.6 is 0 Å². The molecule has 0 fully saturated rings. The minimum absolute atomic E-state index is 0.0661. The fourth-order valence-corrected chi connectivity index (χ4v) is 3.79. The average Bonchev–Trinajstić information content (AvgIpc) is 2.90. The summed E-state index contributed by atoms with van der Waals surface area (Å²) in [6.45, 7) is 0.292. The topological polar surface area (TPSA) is 117 Å². The summed E-state index contributed by atoms with van der Waals surface area (Å²) in [4.78, 5) is 50.9. The summed E-state index contributed by atoms with van der Waals surface area (Å²) >= 11 is 0. The zero-order valence-corrected chi connectivity index (χ0v) is 19.7. The van der Waals surface area contributed by atoms with E-state index in [0.29, 0.717) is 46.9 Å². The molecule has 3 N–H and O–H groups in total. The highest BCUT2D eigenvalue weighted by molar-refractivity contribution is 6.15. The molecule has 9 heteroatoms. The number of hydrogen-bond donors (Lipinski definition) is 3. The maximum atomic E-state index is 13.0. The minimum atomic E-state index is -0.303. The molecular formula is C27H26N4O5. The quantitative estimate of drug-likeness (QED) is 0.422. The first-order valence-corrected chi connectivity index (χ1v) is 11.5. The van der Waals surface area contributed by atoms with E-state index in [4.69, 9.17) is 4.74 Å². The van der Waals surface area contributed by atoms with Gasteiger partial charge in [0.05, 0.1) is 18.5 Å². The number of fused-ring (bicyclic) bond motifs is 1. The fourth-order valence-electron chi connectivity index (χ4n) is 3.79. The molecule has 36 heavy (non-hydrogen) atoms. The van der Waals surface area contributed by atoms with Gasteiger partial charge in [-0.25, -0.2) is 0 Å². The molecule has 0 unspecified atom stereocenters. The van der Waals surface area contributed by atoms with E-state index >= 15 is 0 Å². The molecule has 9 nitrogen and oxygen atoms in total. The summed E-state index contributed by atoms with van der Waals surface area (Å²) in [5.74, 6) is -0.305. The van der Waals surface area contributed by atoms with E-state index in [-0.39, 0.29) is 36.6 Å². The van der Waals surface area contributed by atoms with Gasteiger partial charge in [0.25, 0.3) is 11.8 Å². The van der Waals surface area contributed by atoms with Gasteiger partial charge in [-0.2, -0.15) is 0 Å². The lowest BCUT2D eigenvalue weighted by atomic mass is 10.1. The van der Waals surface area contributed by atoms with E-state index in [2.05, 4.69) is 16.0 Å². The lowest BCUT2D eigenvalue weighted by Gasteiger charge is -2.29. The zero-order chi connectivity index (χ0) is 25.5. The SMILES string of the molecule is COc1ccc(C(=O)NCCCC(=O)Nc2ccc(C(=O)N3CC(=O)Nc4ccccc43)cc2)cc1. The van der Waals surface area contributed by atoms with Gasteiger partial charge in [-0.15, -0.1) is 0 Å². The number of anilines is 3. The number of benzene rings is 3. The molecule has 4 rings (SSSR count). The second kappa shape index (κ2) is 11.2. The van der Waals surface area contributed by atoms with Crippen LogP contribution in [0.4, 0.5) is 17.1 Å². The molecule has 0 saturated heterocycles. The van der Waals surface area contributed by atoms with E-state index in [0.717, 1.165) is 0 Å². The largest absolute Gasteiger partial charge is 0.497 e. The number of ether oxygens (including phenoxy) is 1. The molecule has 184 valence electrons. The predicted molar refractivity (Wildman–Crippen MR) is 136 cm³/mol. The van der Waals surface area contributed by atoms with Gasteiger partial charge in [0.1, 0.15) is 12.3 Å². The van der Waals surface area contributed by atoms with Gasteiger partial charge in [0, 0.05) is 29.8 Å². The number of carbonyl (C=O) groups is 4. The molecule has 0 aromatic heterocycles. The van der Waals surface area contributed by atoms with Gasteiger partial charge >= 0.3 is 0 Å². The molecule has 0 saturated carbocycles. The van der Waals surface area contributed by atoms with Gasteiger partial charge in [-0.05, 0) is 67.1 Å². The highest BCUT2D eigenvalue weighted by Crippen LogP contribution is 2.30. The van der Waals surface area contributed by atoms with Crippen molar-refractivity contribution in [3.05, 3.63) is 83.9 Å². The van der Waals surface area contributed by atoms with E-state index in [9.17, 15) is 19.2 Å². The third-order valence-corrected chi connectivity index (χ3v) is 5.65. The summed E-state index contributed by atoms with van der Waals surface area (Å²) in [7, 11) is 1.56. The second-order valence-electron chi connectivity index (χ2n) is 8.17. The summed E-state index contributed by atoms with van der Waals surface area (Å²) in [6, 6.07) is 20.4. The summed E-state index contributed by atoms with van der Waals surface area (Å²) in [5.41, 5.74) is 2.70. The standard InChI is InChI=1S/C27H26N4O5/c1-36-21-14-10-18(11-15-21)26(34)28-16-4-7-24(32)29-20-12-8-19(9-13-20)27(35)31-17-25(33)30-22-5-2-3-6-23(22)31/h2-3,5-6,8-15H,4,7,16-17H2,1H3,(H,28,34)(H,29,32)(H,30,33). The van der Waals surface area contributed by atoms with Crippen molar-refractivity contribution in [1.82, 2.24) is 5.32 Å². The van der Waals surface area contributed by atoms with Gasteiger partial charge < -0.3 is 20.7 Å². The molecule has 1 aliphatic rings. The monoisotopic (exact) mass is 486 g/mol. The molecule has 0 bridgehead atoms. The van der Waals surface area contributed by atoms with Gasteiger partial charge in [-0.3, -0.25) is 24.1 Å². The van der Waals surface area contributed by atoms with E-state index in [1.807, 2.05) is 0 Å². The van der Waals surface area contributed by atoms with E-state index in [1.165, 1.54) is 4.90 Å². The first-order chi connectivity index (χ1) is 17.4. The molecule has 1 heterocycles. The molecule has 0 atom stereocenters. The number of rotatable bonds is 8. The third-order valence-electron chi connectivity index (χ3n) is 5.65. The smallest absolute Gasteiger partial charge is 0.258 e. The van der Waals surface area contributed by atoms with Crippen LogP contribution in [0.2, 0.25) is 0 Å². The van der Waals surface area contributed by atoms with Crippen LogP contribution in [0.25, 0.3) is 0 Å². The van der Waals surface area contributed by atoms with Crippen LogP contribution < -0.4 is 25.6 Å². The number of nitrogens with one attached hydrogen (secondary N) is 3. The van der Waals surface area contributed by atoms with Gasteiger partial charge in [0.2, 0.25) is 11.8 Å². The molecule has 0 spiro atoms. The van der Waals surface area contributed by atoms with Crippen molar-refractivity contribution in [3.8, 4) is 5.75 Å². The summed E-state index contributed by atoms with van der Waals surface area (Å²) in [6.07, 6.45) is 0.698. The number of methoxy groups -OCH3 is 1. The molecular weight excluding hydrogens is 460 g/mol. The predicted octanol–water partition coefficient (Wildman–Crippen LogP) is 3.44. The first-order valence-electron chi connectivity index (χ1n) is 11.5. The van der Waals surface area contributed by atoms with Crippen LogP contribution in [0.15, 0.2) is 72.8 Å². The van der Waals surface area contributed by atoms with Crippen LogP contribution in [0, 0.1) is 0 Å². The van der Waals surface area contributed by atoms with Crippen molar-refractivity contribution < 1.29 is 23.9 Å². The normalized spacial score (nSPS) is 12.2. The Morgan fingerprint density at radius 1 is 0.944 bits per heavy atom. The minimum Gasteiger partial charge on any atom is -0.497 e. The lowest BCUT2D eigenvalue weighted by Crippen LogP contribution is -2.42. The summed E-state index contributed by atoms with van der Waals surface area (Å²) in [5, 5.41) is 8.33. The van der Waals surface area contributed by atoms with E-state index in [1.54, 1.807) is 79.9 Å². The number of amides is 4. The number of para-hydroxylation sites is 2. The van der Waals surface area contributed by atoms with Crippen LogP contribution in [0.3, 0.4) is 0 Å². The molecule has 0 aliphatic carbocycles. The molecule has 0 radical (unpaired) electrons. The molecule has 3 aromatic carbocycles. The first kappa shape index (κ1) is 24.5. The number of nitrogens with zero attached hydrogens (tertiary/aromatic N) is 1. The zero-order valence-electron chi connectivity index (χ0n) is 19.7. The highest BCUT2D eigenvalue weighted by atomic mass is 16.5. The Morgan fingerprint density at radius 2 is 1.64 bits per heavy atom. The van der Waals surface area contributed by atoms with Crippen molar-refractivity contribution in [3.63, 3.8) is 0 Å². The Hall–Kier alpha value is -4.66. The van der Waals surface area contributed by atoms with Crippen molar-refractivity contribution >= 4 is 40.7 Å². The van der Waals surface area contributed by atoms with Crippen molar-refractivity contribution in [2.75, 3.05) is 35.7 Å². The fraction of sp³-hybridized carbons (Fsp3) is 0.185. The molecule has 1 aliphatic heterocycles. The maximum Gasteiger partial charge on any atom is 0.258 e. The van der Waals surface area contributed by atoms with Crippen LogP contribution in [-0.4, -0.2) is 43.8 Å². The molecule has 3 aromatic rings. The van der Waals surface area contributed by atoms with Gasteiger partial charge in [0.15, 0.2) is 0 Å². The second-order valence-corrected chi connectivity index (χ2v) is 8.17. The van der Waals surface area contributed by atoms with E-state index < -0.39 is 0 Å². The highest BCUT2D eigenvalue weighted by Gasteiger charge is 2.27. The van der Waals surface area contributed by atoms with Gasteiger partial charge in [-0.1, -0.05) is 12.1 Å². The Morgan fingerprint density at radius 3 is 2.36 bits per heavy atom. The van der Waals surface area contributed by atoms with Crippen molar-refractivity contribution in [2.45, 2.75) is 12.8 Å². The molecule has 4 amide bonds. The Labute approximate surface area is 208 Å². The Balaban J connectivity index is 1.25. The van der Waals surface area contributed by atoms with Crippen molar-refractivity contribution in [2.24, 2.45) is 0 Å². The lowest BCUT2D eigenvalue weighted by molar-refractivity contribution is -0.116.